The van der Waals surface area contributed by atoms with Crippen molar-refractivity contribution in [1.29, 1.82) is 0 Å². The quantitative estimate of drug-likeness (QED) is 0.583. The molecule has 0 bridgehead atoms. The van der Waals surface area contributed by atoms with E-state index in [1.165, 1.54) is 31.4 Å². The van der Waals surface area contributed by atoms with E-state index in [1.807, 2.05) is 0 Å². The van der Waals surface area contributed by atoms with Crippen LogP contribution in [0.1, 0.15) is 0 Å². The monoisotopic (exact) mass is 353 g/mol. The van der Waals surface area contributed by atoms with E-state index in [0.717, 1.165) is 0 Å². The Hall–Kier alpha value is -2.44. The zero-order valence-corrected chi connectivity index (χ0v) is 13.5. The smallest absolute Gasteiger partial charge is 0.314 e. The molecule has 0 aromatic heterocycles. The van der Waals surface area contributed by atoms with Gasteiger partial charge in [0.15, 0.2) is 0 Å². The number of benzene rings is 2. The molecule has 2 aromatic carbocycles. The van der Waals surface area contributed by atoms with Crippen LogP contribution in [0.5, 0.6) is 5.75 Å². The van der Waals surface area contributed by atoms with Crippen molar-refractivity contribution >= 4 is 52.1 Å². The lowest BCUT2D eigenvalue weighted by molar-refractivity contribution is -0.132. The van der Waals surface area contributed by atoms with Crippen molar-refractivity contribution in [3.63, 3.8) is 0 Å². The summed E-state index contributed by atoms with van der Waals surface area (Å²) < 4.78 is 5.01. The number of nitrogen functional groups attached to an aromatic ring is 1. The van der Waals surface area contributed by atoms with Crippen LogP contribution in [0.2, 0.25) is 10.0 Å². The second kappa shape index (κ2) is 7.21. The van der Waals surface area contributed by atoms with Gasteiger partial charge in [-0.05, 0) is 36.4 Å². The number of carbonyl (C=O) groups excluding carboxylic acids is 2. The minimum atomic E-state index is -0.849. The highest BCUT2D eigenvalue weighted by atomic mass is 35.5. The summed E-state index contributed by atoms with van der Waals surface area (Å²) in [5.41, 5.74) is 6.67. The Balaban J connectivity index is 2.03. The molecule has 0 saturated heterocycles. The lowest BCUT2D eigenvalue weighted by Crippen LogP contribution is -2.29. The molecule has 0 heterocycles. The van der Waals surface area contributed by atoms with Crippen molar-refractivity contribution in [2.75, 3.05) is 23.5 Å². The average Bonchev–Trinajstić information content (AvgIpc) is 2.51. The van der Waals surface area contributed by atoms with Crippen LogP contribution < -0.4 is 21.1 Å². The molecule has 0 fully saturated rings. The number of hydrogen-bond acceptors (Lipinski definition) is 4. The van der Waals surface area contributed by atoms with E-state index in [9.17, 15) is 9.59 Å². The van der Waals surface area contributed by atoms with Crippen LogP contribution in [0.4, 0.5) is 17.1 Å². The molecule has 2 aromatic rings. The van der Waals surface area contributed by atoms with Crippen LogP contribution in [0.15, 0.2) is 36.4 Å². The number of rotatable bonds is 3. The summed E-state index contributed by atoms with van der Waals surface area (Å²) in [4.78, 5) is 23.7. The van der Waals surface area contributed by atoms with Gasteiger partial charge in [-0.3, -0.25) is 9.59 Å². The molecule has 23 heavy (non-hydrogen) atoms. The summed E-state index contributed by atoms with van der Waals surface area (Å²) in [6.45, 7) is 0. The van der Waals surface area contributed by atoms with E-state index < -0.39 is 11.8 Å². The molecule has 0 aliphatic heterocycles. The summed E-state index contributed by atoms with van der Waals surface area (Å²) in [5.74, 6) is -1.23. The lowest BCUT2D eigenvalue weighted by atomic mass is 10.2. The van der Waals surface area contributed by atoms with Crippen LogP contribution in [0.25, 0.3) is 0 Å². The standard InChI is InChI=1S/C15H13Cl2N3O3/c1-23-13-5-3-9(7-11(13)17)20-15(22)14(21)19-8-2-4-12(18)10(16)6-8/h2-7H,18H2,1H3,(H,19,21)(H,20,22). The van der Waals surface area contributed by atoms with Crippen molar-refractivity contribution in [2.24, 2.45) is 0 Å². The van der Waals surface area contributed by atoms with Gasteiger partial charge in [-0.25, -0.2) is 0 Å². The molecule has 0 atom stereocenters. The van der Waals surface area contributed by atoms with Crippen LogP contribution in [-0.4, -0.2) is 18.9 Å². The SMILES string of the molecule is COc1ccc(NC(=O)C(=O)Nc2ccc(N)c(Cl)c2)cc1Cl. The van der Waals surface area contributed by atoms with E-state index in [-0.39, 0.29) is 5.02 Å². The van der Waals surface area contributed by atoms with Crippen molar-refractivity contribution in [1.82, 2.24) is 0 Å². The Morgan fingerprint density at radius 1 is 0.957 bits per heavy atom. The number of amides is 2. The predicted octanol–water partition coefficient (Wildman–Crippen LogP) is 3.16. The van der Waals surface area contributed by atoms with Crippen molar-refractivity contribution in [3.8, 4) is 5.75 Å². The van der Waals surface area contributed by atoms with E-state index in [1.54, 1.807) is 12.1 Å². The third kappa shape index (κ3) is 4.28. The molecule has 6 nitrogen and oxygen atoms in total. The average molecular weight is 354 g/mol. The first-order valence-electron chi connectivity index (χ1n) is 6.41. The van der Waals surface area contributed by atoms with Gasteiger partial charge in [0.05, 0.1) is 22.8 Å². The van der Waals surface area contributed by atoms with Crippen LogP contribution in [0, 0.1) is 0 Å². The first kappa shape index (κ1) is 16.9. The van der Waals surface area contributed by atoms with Gasteiger partial charge >= 0.3 is 11.8 Å². The normalized spacial score (nSPS) is 10.0. The summed E-state index contributed by atoms with van der Waals surface area (Å²) in [5, 5.41) is 5.45. The number of nitrogens with two attached hydrogens (primary N) is 1. The Kier molecular flexibility index (Phi) is 5.31. The summed E-state index contributed by atoms with van der Waals surface area (Å²) in [6, 6.07) is 9.14. The minimum absolute atomic E-state index is 0.283. The van der Waals surface area contributed by atoms with Crippen molar-refractivity contribution in [3.05, 3.63) is 46.4 Å². The van der Waals surface area contributed by atoms with Gasteiger partial charge in [-0.2, -0.15) is 0 Å². The second-order valence-electron chi connectivity index (χ2n) is 4.49. The minimum Gasteiger partial charge on any atom is -0.495 e. The Labute approximate surface area is 142 Å². The third-order valence-electron chi connectivity index (χ3n) is 2.87. The highest BCUT2D eigenvalue weighted by Gasteiger charge is 2.15. The fraction of sp³-hybridized carbons (Fsp3) is 0.0667. The molecule has 0 radical (unpaired) electrons. The van der Waals surface area contributed by atoms with Gasteiger partial charge in [0, 0.05) is 11.4 Å². The molecular weight excluding hydrogens is 341 g/mol. The zero-order chi connectivity index (χ0) is 17.0. The number of halogens is 2. The van der Waals surface area contributed by atoms with E-state index in [4.69, 9.17) is 33.7 Å². The van der Waals surface area contributed by atoms with Gasteiger partial charge in [0.2, 0.25) is 0 Å². The summed E-state index contributed by atoms with van der Waals surface area (Å²) in [6.07, 6.45) is 0. The van der Waals surface area contributed by atoms with Crippen LogP contribution in [0.3, 0.4) is 0 Å². The molecule has 0 unspecified atom stereocenters. The maximum Gasteiger partial charge on any atom is 0.314 e. The van der Waals surface area contributed by atoms with Crippen LogP contribution in [-0.2, 0) is 9.59 Å². The number of ether oxygens (including phenoxy) is 1. The molecule has 0 spiro atoms. The summed E-state index contributed by atoms with van der Waals surface area (Å²) in [7, 11) is 1.48. The maximum absolute atomic E-state index is 11.9. The molecule has 0 aliphatic rings. The van der Waals surface area contributed by atoms with Crippen molar-refractivity contribution in [2.45, 2.75) is 0 Å². The zero-order valence-electron chi connectivity index (χ0n) is 12.0. The molecule has 2 amide bonds. The predicted molar refractivity (Wildman–Crippen MR) is 91.1 cm³/mol. The van der Waals surface area contributed by atoms with E-state index in [2.05, 4.69) is 10.6 Å². The number of methoxy groups -OCH3 is 1. The first-order valence-corrected chi connectivity index (χ1v) is 7.17. The molecule has 2 rings (SSSR count). The Bertz CT molecular complexity index is 766. The van der Waals surface area contributed by atoms with Gasteiger partial charge in [0.25, 0.3) is 0 Å². The number of carbonyl (C=O) groups is 2. The van der Waals surface area contributed by atoms with E-state index in [0.29, 0.717) is 27.8 Å². The number of anilines is 3. The van der Waals surface area contributed by atoms with Gasteiger partial charge in [0.1, 0.15) is 5.75 Å². The first-order chi connectivity index (χ1) is 10.9. The topological polar surface area (TPSA) is 93.4 Å². The Morgan fingerprint density at radius 2 is 1.48 bits per heavy atom. The van der Waals surface area contributed by atoms with Crippen LogP contribution >= 0.6 is 23.2 Å². The fourth-order valence-corrected chi connectivity index (χ4v) is 2.16. The lowest BCUT2D eigenvalue weighted by Gasteiger charge is -2.09. The van der Waals surface area contributed by atoms with Gasteiger partial charge in [-0.1, -0.05) is 23.2 Å². The maximum atomic E-state index is 11.9. The number of hydrogen-bond donors (Lipinski definition) is 3. The third-order valence-corrected chi connectivity index (χ3v) is 3.50. The molecular formula is C15H13Cl2N3O3. The van der Waals surface area contributed by atoms with E-state index >= 15 is 0 Å². The van der Waals surface area contributed by atoms with Gasteiger partial charge in [-0.15, -0.1) is 0 Å². The number of nitrogens with one attached hydrogen (secondary N) is 2. The largest absolute Gasteiger partial charge is 0.495 e. The molecule has 120 valence electrons. The van der Waals surface area contributed by atoms with Crippen molar-refractivity contribution < 1.29 is 14.3 Å². The fourth-order valence-electron chi connectivity index (χ4n) is 1.72. The highest BCUT2D eigenvalue weighted by molar-refractivity contribution is 6.44. The Morgan fingerprint density at radius 3 is 1.96 bits per heavy atom. The second-order valence-corrected chi connectivity index (χ2v) is 5.31. The highest BCUT2D eigenvalue weighted by Crippen LogP contribution is 2.27. The molecule has 4 N–H and O–H groups in total. The summed E-state index contributed by atoms with van der Waals surface area (Å²) >= 11 is 11.8. The molecule has 0 aliphatic carbocycles. The molecule has 0 saturated carbocycles. The van der Waals surface area contributed by atoms with Gasteiger partial charge < -0.3 is 21.1 Å². The molecule has 8 heteroatoms.